The first kappa shape index (κ1) is 14.0. The number of carbonyl (C=O) groups is 1. The Balaban J connectivity index is 2.18. The number of nitrogens with zero attached hydrogens (tertiary/aromatic N) is 1. The van der Waals surface area contributed by atoms with Crippen LogP contribution < -0.4 is 0 Å². The molecule has 2 nitrogen and oxygen atoms in total. The minimum Gasteiger partial charge on any atom is -0.338 e. The molecule has 1 amide bonds. The van der Waals surface area contributed by atoms with Gasteiger partial charge in [0, 0.05) is 18.7 Å². The smallest absolute Gasteiger partial charge is 0.254 e. The van der Waals surface area contributed by atoms with Gasteiger partial charge in [0.15, 0.2) is 0 Å². The van der Waals surface area contributed by atoms with Crippen molar-refractivity contribution in [2.75, 3.05) is 7.05 Å². The molecule has 0 N–H and O–H groups in total. The van der Waals surface area contributed by atoms with E-state index in [9.17, 15) is 9.18 Å². The molecule has 0 radical (unpaired) electrons. The standard InChI is InChI=1S/C16H22FNO/c1-11-6-4-5-7-15(11)18(3)16(19)14-9-8-13(17)10-12(14)2/h8-11,15H,4-7H2,1-3H3. The summed E-state index contributed by atoms with van der Waals surface area (Å²) < 4.78 is 13.1. The molecule has 19 heavy (non-hydrogen) atoms. The van der Waals surface area contributed by atoms with Crippen molar-refractivity contribution < 1.29 is 9.18 Å². The summed E-state index contributed by atoms with van der Waals surface area (Å²) in [6.45, 7) is 4.00. The van der Waals surface area contributed by atoms with Crippen molar-refractivity contribution in [2.45, 2.75) is 45.6 Å². The third-order valence-electron chi connectivity index (χ3n) is 4.30. The van der Waals surface area contributed by atoms with Crippen LogP contribution in [-0.2, 0) is 0 Å². The van der Waals surface area contributed by atoms with Crippen LogP contribution >= 0.6 is 0 Å². The minimum absolute atomic E-state index is 0.0104. The lowest BCUT2D eigenvalue weighted by molar-refractivity contribution is 0.0628. The van der Waals surface area contributed by atoms with E-state index in [0.717, 1.165) is 6.42 Å². The van der Waals surface area contributed by atoms with E-state index in [-0.39, 0.29) is 11.7 Å². The summed E-state index contributed by atoms with van der Waals surface area (Å²) in [5.41, 5.74) is 1.32. The summed E-state index contributed by atoms with van der Waals surface area (Å²) in [5.74, 6) is 0.266. The molecule has 0 heterocycles. The van der Waals surface area contributed by atoms with Crippen LogP contribution in [0.1, 0.15) is 48.5 Å². The van der Waals surface area contributed by atoms with Gasteiger partial charge in [-0.25, -0.2) is 4.39 Å². The first-order chi connectivity index (χ1) is 9.00. The monoisotopic (exact) mass is 263 g/mol. The van der Waals surface area contributed by atoms with Gasteiger partial charge in [-0.2, -0.15) is 0 Å². The van der Waals surface area contributed by atoms with Crippen molar-refractivity contribution in [1.82, 2.24) is 4.90 Å². The van der Waals surface area contributed by atoms with Crippen LogP contribution in [0.15, 0.2) is 18.2 Å². The Morgan fingerprint density at radius 1 is 1.32 bits per heavy atom. The number of benzene rings is 1. The fraction of sp³-hybridized carbons (Fsp3) is 0.562. The second-order valence-corrected chi connectivity index (χ2v) is 5.70. The molecular formula is C16H22FNO. The SMILES string of the molecule is Cc1cc(F)ccc1C(=O)N(C)C1CCCCC1C. The Morgan fingerprint density at radius 2 is 2.00 bits per heavy atom. The van der Waals surface area contributed by atoms with E-state index in [4.69, 9.17) is 0 Å². The van der Waals surface area contributed by atoms with Crippen LogP contribution in [0.3, 0.4) is 0 Å². The summed E-state index contributed by atoms with van der Waals surface area (Å²) in [6, 6.07) is 4.69. The molecule has 0 bridgehead atoms. The summed E-state index contributed by atoms with van der Waals surface area (Å²) in [7, 11) is 1.87. The van der Waals surface area contributed by atoms with Gasteiger partial charge in [-0.05, 0) is 49.4 Å². The Hall–Kier alpha value is -1.38. The van der Waals surface area contributed by atoms with Crippen LogP contribution in [0, 0.1) is 18.7 Å². The predicted octanol–water partition coefficient (Wildman–Crippen LogP) is 3.78. The maximum absolute atomic E-state index is 13.1. The lowest BCUT2D eigenvalue weighted by Crippen LogP contribution is -2.42. The van der Waals surface area contributed by atoms with Crippen LogP contribution in [0.25, 0.3) is 0 Å². The largest absolute Gasteiger partial charge is 0.338 e. The van der Waals surface area contributed by atoms with Gasteiger partial charge < -0.3 is 4.90 Å². The third kappa shape index (κ3) is 2.96. The molecule has 2 rings (SSSR count). The van der Waals surface area contributed by atoms with Crippen LogP contribution in [-0.4, -0.2) is 23.9 Å². The zero-order valence-electron chi connectivity index (χ0n) is 11.9. The molecule has 1 aliphatic rings. The van der Waals surface area contributed by atoms with E-state index in [1.54, 1.807) is 13.0 Å². The third-order valence-corrected chi connectivity index (χ3v) is 4.30. The topological polar surface area (TPSA) is 20.3 Å². The lowest BCUT2D eigenvalue weighted by Gasteiger charge is -2.36. The highest BCUT2D eigenvalue weighted by Gasteiger charge is 2.28. The highest BCUT2D eigenvalue weighted by atomic mass is 19.1. The quantitative estimate of drug-likeness (QED) is 0.795. The second kappa shape index (κ2) is 5.72. The molecule has 2 unspecified atom stereocenters. The molecule has 1 saturated carbocycles. The molecular weight excluding hydrogens is 241 g/mol. The molecule has 2 atom stereocenters. The maximum atomic E-state index is 13.1. The highest BCUT2D eigenvalue weighted by molar-refractivity contribution is 5.95. The van der Waals surface area contributed by atoms with Crippen molar-refractivity contribution >= 4 is 5.91 Å². The van der Waals surface area contributed by atoms with Crippen molar-refractivity contribution in [1.29, 1.82) is 0 Å². The van der Waals surface area contributed by atoms with Crippen molar-refractivity contribution in [2.24, 2.45) is 5.92 Å². The molecule has 104 valence electrons. The van der Waals surface area contributed by atoms with Crippen molar-refractivity contribution in [3.05, 3.63) is 35.1 Å². The van der Waals surface area contributed by atoms with E-state index >= 15 is 0 Å². The molecule has 0 saturated heterocycles. The summed E-state index contributed by atoms with van der Waals surface area (Å²) in [5, 5.41) is 0. The molecule has 1 aromatic rings. The number of hydrogen-bond donors (Lipinski definition) is 0. The van der Waals surface area contributed by atoms with Gasteiger partial charge in [0.2, 0.25) is 0 Å². The number of aryl methyl sites for hydroxylation is 1. The minimum atomic E-state index is -0.289. The van der Waals surface area contributed by atoms with E-state index in [0.29, 0.717) is 23.1 Å². The Bertz CT molecular complexity index is 472. The molecule has 3 heteroatoms. The summed E-state index contributed by atoms with van der Waals surface area (Å²) in [4.78, 5) is 14.4. The number of amides is 1. The molecule has 0 aromatic heterocycles. The Labute approximate surface area is 114 Å². The van der Waals surface area contributed by atoms with E-state index in [1.807, 2.05) is 11.9 Å². The van der Waals surface area contributed by atoms with Gasteiger partial charge in [0.25, 0.3) is 5.91 Å². The zero-order chi connectivity index (χ0) is 14.0. The Morgan fingerprint density at radius 3 is 2.63 bits per heavy atom. The normalized spacial score (nSPS) is 23.2. The van der Waals surface area contributed by atoms with Crippen LogP contribution in [0.5, 0.6) is 0 Å². The van der Waals surface area contributed by atoms with Gasteiger partial charge in [0.05, 0.1) is 0 Å². The van der Waals surface area contributed by atoms with Gasteiger partial charge in [0.1, 0.15) is 5.82 Å². The van der Waals surface area contributed by atoms with Gasteiger partial charge in [-0.1, -0.05) is 19.8 Å². The number of halogens is 1. The highest BCUT2D eigenvalue weighted by Crippen LogP contribution is 2.28. The molecule has 0 aliphatic heterocycles. The van der Waals surface area contributed by atoms with Crippen molar-refractivity contribution in [3.8, 4) is 0 Å². The number of hydrogen-bond acceptors (Lipinski definition) is 1. The first-order valence-corrected chi connectivity index (χ1v) is 7.04. The maximum Gasteiger partial charge on any atom is 0.254 e. The second-order valence-electron chi connectivity index (χ2n) is 5.70. The fourth-order valence-electron chi connectivity index (χ4n) is 3.08. The lowest BCUT2D eigenvalue weighted by atomic mass is 9.85. The molecule has 1 aromatic carbocycles. The average Bonchev–Trinajstić information content (AvgIpc) is 2.38. The predicted molar refractivity (Wildman–Crippen MR) is 74.7 cm³/mol. The van der Waals surface area contributed by atoms with Crippen molar-refractivity contribution in [3.63, 3.8) is 0 Å². The summed E-state index contributed by atoms with van der Waals surface area (Å²) in [6.07, 6.45) is 4.71. The first-order valence-electron chi connectivity index (χ1n) is 7.04. The molecule has 1 aliphatic carbocycles. The van der Waals surface area contributed by atoms with Gasteiger partial charge in [-0.3, -0.25) is 4.79 Å². The number of rotatable bonds is 2. The van der Waals surface area contributed by atoms with E-state index in [2.05, 4.69) is 6.92 Å². The zero-order valence-corrected chi connectivity index (χ0v) is 11.9. The van der Waals surface area contributed by atoms with Gasteiger partial charge in [-0.15, -0.1) is 0 Å². The van der Waals surface area contributed by atoms with E-state index in [1.165, 1.54) is 31.4 Å². The van der Waals surface area contributed by atoms with Crippen LogP contribution in [0.2, 0.25) is 0 Å². The van der Waals surface area contributed by atoms with Gasteiger partial charge >= 0.3 is 0 Å². The molecule has 1 fully saturated rings. The van der Waals surface area contributed by atoms with E-state index < -0.39 is 0 Å². The summed E-state index contributed by atoms with van der Waals surface area (Å²) >= 11 is 0. The number of carbonyl (C=O) groups excluding carboxylic acids is 1. The van der Waals surface area contributed by atoms with Crippen LogP contribution in [0.4, 0.5) is 4.39 Å². The molecule has 0 spiro atoms. The Kier molecular flexibility index (Phi) is 4.23. The average molecular weight is 263 g/mol. The fourth-order valence-corrected chi connectivity index (χ4v) is 3.08.